The molecule has 14 heavy (non-hydrogen) atoms. The maximum absolute atomic E-state index is 11.5. The van der Waals surface area contributed by atoms with Crippen molar-refractivity contribution >= 4 is 5.91 Å². The second-order valence-corrected chi connectivity index (χ2v) is 4.17. The Kier molecular flexibility index (Phi) is 6.54. The predicted molar refractivity (Wildman–Crippen MR) is 58.1 cm³/mol. The Labute approximate surface area is 87.2 Å². The highest BCUT2D eigenvalue weighted by Crippen LogP contribution is 2.04. The van der Waals surface area contributed by atoms with E-state index in [2.05, 4.69) is 19.2 Å². The summed E-state index contributed by atoms with van der Waals surface area (Å²) >= 11 is 0. The van der Waals surface area contributed by atoms with Crippen LogP contribution in [0.4, 0.5) is 0 Å². The normalized spacial score (nSPS) is 13.4. The van der Waals surface area contributed by atoms with E-state index in [1.54, 1.807) is 0 Å². The summed E-state index contributed by atoms with van der Waals surface area (Å²) in [7, 11) is 0. The van der Waals surface area contributed by atoms with Crippen LogP contribution >= 0.6 is 0 Å². The van der Waals surface area contributed by atoms with E-state index in [1.165, 1.54) is 0 Å². The smallest absolute Gasteiger partial charge is 0.222 e. The maximum Gasteiger partial charge on any atom is 0.222 e. The van der Waals surface area contributed by atoms with Gasteiger partial charge in [-0.25, -0.2) is 0 Å². The summed E-state index contributed by atoms with van der Waals surface area (Å²) in [6, 6.07) is 0.129. The van der Waals surface area contributed by atoms with E-state index in [-0.39, 0.29) is 17.9 Å². The molecule has 0 radical (unpaired) electrons. The number of amides is 1. The third-order valence-electron chi connectivity index (χ3n) is 2.16. The highest BCUT2D eigenvalue weighted by Gasteiger charge is 2.17. The zero-order valence-electron chi connectivity index (χ0n) is 9.96. The van der Waals surface area contributed by atoms with Gasteiger partial charge in [-0.1, -0.05) is 27.7 Å². The molecule has 3 heteroatoms. The predicted octanol–water partition coefficient (Wildman–Crippen LogP) is 1.82. The number of rotatable bonds is 6. The molecule has 0 aliphatic heterocycles. The lowest BCUT2D eigenvalue weighted by atomic mass is 10.0. The molecule has 84 valence electrons. The molecule has 0 aromatic heterocycles. The van der Waals surface area contributed by atoms with E-state index in [4.69, 9.17) is 4.74 Å². The molecule has 0 fully saturated rings. The highest BCUT2D eigenvalue weighted by molar-refractivity contribution is 5.78. The van der Waals surface area contributed by atoms with Crippen molar-refractivity contribution < 1.29 is 9.53 Å². The molecular formula is C11H23NO2. The first kappa shape index (κ1) is 13.4. The monoisotopic (exact) mass is 201 g/mol. The lowest BCUT2D eigenvalue weighted by molar-refractivity contribution is -0.125. The molecule has 0 spiro atoms. The zero-order valence-corrected chi connectivity index (χ0v) is 9.96. The van der Waals surface area contributed by atoms with E-state index < -0.39 is 0 Å². The van der Waals surface area contributed by atoms with Gasteiger partial charge in [-0.2, -0.15) is 0 Å². The summed E-state index contributed by atoms with van der Waals surface area (Å²) in [5, 5.41) is 2.99. The van der Waals surface area contributed by atoms with Crippen molar-refractivity contribution in [3.05, 3.63) is 0 Å². The van der Waals surface area contributed by atoms with Gasteiger partial charge < -0.3 is 10.1 Å². The van der Waals surface area contributed by atoms with Gasteiger partial charge in [0.05, 0.1) is 12.6 Å². The Morgan fingerprint density at radius 3 is 2.21 bits per heavy atom. The van der Waals surface area contributed by atoms with Crippen LogP contribution in [0, 0.1) is 11.8 Å². The Morgan fingerprint density at radius 2 is 1.86 bits per heavy atom. The van der Waals surface area contributed by atoms with Crippen LogP contribution in [0.5, 0.6) is 0 Å². The van der Waals surface area contributed by atoms with Crippen molar-refractivity contribution in [2.45, 2.75) is 40.7 Å². The van der Waals surface area contributed by atoms with E-state index in [9.17, 15) is 4.79 Å². The first-order chi connectivity index (χ1) is 6.49. The molecule has 1 atom stereocenters. The Hall–Kier alpha value is -0.570. The summed E-state index contributed by atoms with van der Waals surface area (Å²) in [4.78, 5) is 11.5. The van der Waals surface area contributed by atoms with Crippen LogP contribution in [0.3, 0.4) is 0 Å². The van der Waals surface area contributed by atoms with E-state index in [1.807, 2.05) is 20.8 Å². The average Bonchev–Trinajstić information content (AvgIpc) is 2.10. The first-order valence-corrected chi connectivity index (χ1v) is 5.37. The summed E-state index contributed by atoms with van der Waals surface area (Å²) in [6.07, 6.45) is 0. The van der Waals surface area contributed by atoms with Gasteiger partial charge in [0.25, 0.3) is 0 Å². The molecule has 0 aromatic rings. The summed E-state index contributed by atoms with van der Waals surface area (Å²) in [6.45, 7) is 11.2. The molecule has 0 saturated heterocycles. The summed E-state index contributed by atoms with van der Waals surface area (Å²) in [5.41, 5.74) is 0. The molecule has 0 saturated carbocycles. The Morgan fingerprint density at radius 1 is 1.29 bits per heavy atom. The van der Waals surface area contributed by atoms with E-state index in [0.29, 0.717) is 19.1 Å². The van der Waals surface area contributed by atoms with E-state index >= 15 is 0 Å². The second-order valence-electron chi connectivity index (χ2n) is 4.17. The maximum atomic E-state index is 11.5. The minimum atomic E-state index is 0.0397. The van der Waals surface area contributed by atoms with Crippen molar-refractivity contribution in [1.82, 2.24) is 5.32 Å². The molecule has 0 bridgehead atoms. The molecule has 0 heterocycles. The first-order valence-electron chi connectivity index (χ1n) is 5.37. The van der Waals surface area contributed by atoms with Gasteiger partial charge in [0, 0.05) is 12.5 Å². The summed E-state index contributed by atoms with van der Waals surface area (Å²) < 4.78 is 5.32. The third-order valence-corrected chi connectivity index (χ3v) is 2.16. The lowest BCUT2D eigenvalue weighted by Gasteiger charge is -2.23. The van der Waals surface area contributed by atoms with Gasteiger partial charge in [0.2, 0.25) is 5.91 Å². The van der Waals surface area contributed by atoms with Crippen molar-refractivity contribution in [3.63, 3.8) is 0 Å². The quantitative estimate of drug-likeness (QED) is 0.712. The number of hydrogen-bond acceptors (Lipinski definition) is 2. The topological polar surface area (TPSA) is 38.3 Å². The molecule has 1 amide bonds. The Bertz CT molecular complexity index is 167. The number of carbonyl (C=O) groups is 1. The zero-order chi connectivity index (χ0) is 11.1. The van der Waals surface area contributed by atoms with Crippen molar-refractivity contribution in [1.29, 1.82) is 0 Å². The fraction of sp³-hybridized carbons (Fsp3) is 0.909. The lowest BCUT2D eigenvalue weighted by Crippen LogP contribution is -2.43. The molecule has 1 N–H and O–H groups in total. The van der Waals surface area contributed by atoms with Gasteiger partial charge >= 0.3 is 0 Å². The average molecular weight is 201 g/mol. The minimum absolute atomic E-state index is 0.0397. The van der Waals surface area contributed by atoms with Crippen LogP contribution in [-0.2, 0) is 9.53 Å². The molecule has 3 nitrogen and oxygen atoms in total. The Balaban J connectivity index is 4.02. The third kappa shape index (κ3) is 5.22. The second kappa shape index (κ2) is 6.82. The van der Waals surface area contributed by atoms with Crippen LogP contribution < -0.4 is 5.32 Å². The van der Waals surface area contributed by atoms with Gasteiger partial charge in [0.1, 0.15) is 0 Å². The van der Waals surface area contributed by atoms with Gasteiger partial charge in [-0.15, -0.1) is 0 Å². The van der Waals surface area contributed by atoms with Crippen LogP contribution in [0.2, 0.25) is 0 Å². The molecule has 0 unspecified atom stereocenters. The van der Waals surface area contributed by atoms with Crippen LogP contribution in [-0.4, -0.2) is 25.2 Å². The molecule has 0 aromatic carbocycles. The fourth-order valence-corrected chi connectivity index (χ4v) is 0.995. The fourth-order valence-electron chi connectivity index (χ4n) is 0.995. The van der Waals surface area contributed by atoms with Crippen molar-refractivity contribution in [2.24, 2.45) is 11.8 Å². The molecule has 0 aliphatic carbocycles. The largest absolute Gasteiger partial charge is 0.380 e. The number of hydrogen-bond donors (Lipinski definition) is 1. The SMILES string of the molecule is CCOC[C@@H](NC(=O)C(C)C)C(C)C. The van der Waals surface area contributed by atoms with Crippen molar-refractivity contribution in [2.75, 3.05) is 13.2 Å². The molecular weight excluding hydrogens is 178 g/mol. The van der Waals surface area contributed by atoms with Gasteiger partial charge in [-0.05, 0) is 12.8 Å². The van der Waals surface area contributed by atoms with E-state index in [0.717, 1.165) is 0 Å². The number of ether oxygens (including phenoxy) is 1. The minimum Gasteiger partial charge on any atom is -0.380 e. The van der Waals surface area contributed by atoms with Gasteiger partial charge in [0.15, 0.2) is 0 Å². The summed E-state index contributed by atoms with van der Waals surface area (Å²) in [5.74, 6) is 0.547. The van der Waals surface area contributed by atoms with Crippen LogP contribution in [0.1, 0.15) is 34.6 Å². The molecule has 0 rings (SSSR count). The standard InChI is InChI=1S/C11H23NO2/c1-6-14-7-10(8(2)3)12-11(13)9(4)5/h8-10H,6-7H2,1-5H3,(H,12,13)/t10-/m1/s1. The molecule has 0 aliphatic rings. The van der Waals surface area contributed by atoms with Crippen LogP contribution in [0.15, 0.2) is 0 Å². The van der Waals surface area contributed by atoms with Gasteiger partial charge in [-0.3, -0.25) is 4.79 Å². The number of nitrogens with one attached hydrogen (secondary N) is 1. The highest BCUT2D eigenvalue weighted by atomic mass is 16.5. The van der Waals surface area contributed by atoms with Crippen LogP contribution in [0.25, 0.3) is 0 Å². The van der Waals surface area contributed by atoms with Crippen molar-refractivity contribution in [3.8, 4) is 0 Å². The number of carbonyl (C=O) groups excluding carboxylic acids is 1.